The van der Waals surface area contributed by atoms with E-state index in [1.165, 1.54) is 29.0 Å². The van der Waals surface area contributed by atoms with Gasteiger partial charge in [-0.2, -0.15) is 10.6 Å². The van der Waals surface area contributed by atoms with Gasteiger partial charge in [0, 0.05) is 28.8 Å². The minimum atomic E-state index is -2.65. The number of methoxy groups -OCH3 is 1. The monoisotopic (exact) mass is 500 g/mol. The first kappa shape index (κ1) is 22.5. The Hall–Kier alpha value is -2.14. The zero-order chi connectivity index (χ0) is 21.9. The van der Waals surface area contributed by atoms with Crippen molar-refractivity contribution in [3.05, 3.63) is 63.9 Å². The minimum Gasteiger partial charge on any atom is -0.465 e. The second kappa shape index (κ2) is 9.34. The van der Waals surface area contributed by atoms with Crippen LogP contribution in [0, 0.1) is 5.82 Å². The highest BCUT2D eigenvalue weighted by molar-refractivity contribution is 9.10. The number of urea groups is 1. The Kier molecular flexibility index (Phi) is 7.02. The van der Waals surface area contributed by atoms with Gasteiger partial charge in [0.15, 0.2) is 0 Å². The summed E-state index contributed by atoms with van der Waals surface area (Å²) in [5, 5.41) is 0. The first-order chi connectivity index (χ1) is 14.2. The predicted molar refractivity (Wildman–Crippen MR) is 118 cm³/mol. The average Bonchev–Trinajstić information content (AvgIpc) is 2.72. The molecule has 1 aliphatic rings. The lowest BCUT2D eigenvalue weighted by atomic mass is 10.1. The summed E-state index contributed by atoms with van der Waals surface area (Å²) in [5.41, 5.74) is 0.888. The number of carbonyl (C=O) groups is 2. The van der Waals surface area contributed by atoms with Gasteiger partial charge in [0.1, 0.15) is 5.82 Å². The van der Waals surface area contributed by atoms with Crippen LogP contribution in [-0.2, 0) is 11.3 Å². The fraction of sp³-hybridized carbons (Fsp3) is 0.300. The highest BCUT2D eigenvalue weighted by Crippen LogP contribution is 2.40. The van der Waals surface area contributed by atoms with Crippen molar-refractivity contribution >= 4 is 44.2 Å². The third kappa shape index (κ3) is 5.31. The molecule has 2 aromatic rings. The van der Waals surface area contributed by atoms with Crippen LogP contribution in [0.2, 0.25) is 0 Å². The first-order valence-electron chi connectivity index (χ1n) is 9.12. The van der Waals surface area contributed by atoms with Crippen LogP contribution in [0.1, 0.15) is 15.9 Å². The van der Waals surface area contributed by atoms with E-state index in [4.69, 9.17) is 0 Å². The maximum absolute atomic E-state index is 14.7. The number of amides is 2. The summed E-state index contributed by atoms with van der Waals surface area (Å²) in [7, 11) is -1.43. The number of benzene rings is 2. The van der Waals surface area contributed by atoms with E-state index in [-0.39, 0.29) is 48.3 Å². The number of hydrogen-bond acceptors (Lipinski definition) is 5. The van der Waals surface area contributed by atoms with E-state index >= 15 is 0 Å². The Morgan fingerprint density at radius 3 is 2.37 bits per heavy atom. The molecular weight excluding hydrogens is 479 g/mol. The Morgan fingerprint density at radius 2 is 1.80 bits per heavy atom. The molecule has 0 radical (unpaired) electrons. The third-order valence-electron chi connectivity index (χ3n) is 4.82. The van der Waals surface area contributed by atoms with Crippen molar-refractivity contribution in [3.8, 4) is 0 Å². The van der Waals surface area contributed by atoms with E-state index in [0.29, 0.717) is 5.69 Å². The lowest BCUT2D eigenvalue weighted by Crippen LogP contribution is -2.48. The van der Waals surface area contributed by atoms with Gasteiger partial charge in [-0.3, -0.25) is 14.0 Å². The first-order valence-corrected chi connectivity index (χ1v) is 11.8. The Bertz CT molecular complexity index is 931. The molecule has 1 fully saturated rings. The van der Waals surface area contributed by atoms with Gasteiger partial charge in [-0.05, 0) is 36.4 Å². The molecule has 2 aromatic carbocycles. The highest BCUT2D eigenvalue weighted by atomic mass is 79.9. The summed E-state index contributed by atoms with van der Waals surface area (Å²) in [5.74, 6) is -1.03. The predicted octanol–water partition coefficient (Wildman–Crippen LogP) is 4.57. The Labute approximate surface area is 183 Å². The van der Waals surface area contributed by atoms with Crippen LogP contribution < -0.4 is 4.90 Å². The lowest BCUT2D eigenvalue weighted by Gasteiger charge is -2.42. The van der Waals surface area contributed by atoms with Crippen LogP contribution in [0.5, 0.6) is 0 Å². The van der Waals surface area contributed by atoms with E-state index in [2.05, 4.69) is 20.7 Å². The number of esters is 1. The van der Waals surface area contributed by atoms with Gasteiger partial charge in [-0.15, -0.1) is 0 Å². The number of carbonyl (C=O) groups excluding carboxylic acids is 2. The van der Waals surface area contributed by atoms with E-state index in [1.807, 2.05) is 0 Å². The van der Waals surface area contributed by atoms with Crippen molar-refractivity contribution in [1.82, 2.24) is 4.90 Å². The van der Waals surface area contributed by atoms with Crippen LogP contribution in [0.15, 0.2) is 46.9 Å². The Balaban J connectivity index is 1.88. The molecular formula is C20H22BrFN2O5S. The number of ether oxygens (including phenoxy) is 1. The van der Waals surface area contributed by atoms with Crippen molar-refractivity contribution in [1.29, 1.82) is 0 Å². The number of anilines is 1. The highest BCUT2D eigenvalue weighted by Gasteiger charge is 2.29. The SMILES string of the molecule is COC(=O)c1ccc(CN(C(=O)N2CCS(O)(O)CC2)c2ccc(Br)cc2)c(F)c1. The summed E-state index contributed by atoms with van der Waals surface area (Å²) in [4.78, 5) is 27.8. The molecule has 0 spiro atoms. The van der Waals surface area contributed by atoms with Crippen LogP contribution in [0.25, 0.3) is 0 Å². The molecule has 0 aromatic heterocycles. The molecule has 1 aliphatic heterocycles. The minimum absolute atomic E-state index is 0.0551. The van der Waals surface area contributed by atoms with E-state index in [0.717, 1.165) is 10.5 Å². The van der Waals surface area contributed by atoms with Crippen LogP contribution >= 0.6 is 26.5 Å². The number of rotatable bonds is 4. The number of hydrogen-bond donors (Lipinski definition) is 2. The molecule has 2 N–H and O–H groups in total. The summed E-state index contributed by atoms with van der Waals surface area (Å²) in [6, 6.07) is 10.7. The second-order valence-corrected chi connectivity index (χ2v) is 10.2. The molecule has 2 amide bonds. The van der Waals surface area contributed by atoms with Crippen LogP contribution in [-0.4, -0.2) is 57.7 Å². The van der Waals surface area contributed by atoms with Gasteiger partial charge < -0.3 is 9.64 Å². The van der Waals surface area contributed by atoms with Gasteiger partial charge in [-0.1, -0.05) is 22.0 Å². The van der Waals surface area contributed by atoms with Crippen molar-refractivity contribution in [3.63, 3.8) is 0 Å². The number of nitrogens with zero attached hydrogens (tertiary/aromatic N) is 2. The van der Waals surface area contributed by atoms with Crippen LogP contribution in [0.3, 0.4) is 0 Å². The lowest BCUT2D eigenvalue weighted by molar-refractivity contribution is 0.0600. The average molecular weight is 501 g/mol. The maximum Gasteiger partial charge on any atom is 0.337 e. The third-order valence-corrected chi connectivity index (χ3v) is 7.02. The van der Waals surface area contributed by atoms with E-state index in [1.54, 1.807) is 24.3 Å². The van der Waals surface area contributed by atoms with Crippen molar-refractivity contribution in [2.45, 2.75) is 6.54 Å². The smallest absolute Gasteiger partial charge is 0.337 e. The standard InChI is InChI=1S/C20H22BrFN2O5S/c1-29-19(25)14-2-3-15(18(22)12-14)13-24(17-6-4-16(21)5-7-17)20(26)23-8-10-30(27,28)11-9-23/h2-7,12,27-28H,8-11,13H2,1H3. The molecule has 30 heavy (non-hydrogen) atoms. The molecule has 0 unspecified atom stereocenters. The summed E-state index contributed by atoms with van der Waals surface area (Å²) >= 11 is 3.36. The topological polar surface area (TPSA) is 90.3 Å². The normalized spacial score (nSPS) is 16.6. The molecule has 1 saturated heterocycles. The molecule has 3 rings (SSSR count). The van der Waals surface area contributed by atoms with Crippen molar-refractivity contribution in [2.24, 2.45) is 0 Å². The van der Waals surface area contributed by atoms with Gasteiger partial charge in [-0.25, -0.2) is 14.0 Å². The molecule has 0 aliphatic carbocycles. The summed E-state index contributed by atoms with van der Waals surface area (Å²) in [6.45, 7) is 0.358. The van der Waals surface area contributed by atoms with E-state index < -0.39 is 22.4 Å². The van der Waals surface area contributed by atoms with Gasteiger partial charge in [0.05, 0.1) is 30.7 Å². The quantitative estimate of drug-likeness (QED) is 0.600. The summed E-state index contributed by atoms with van der Waals surface area (Å²) < 4.78 is 39.7. The van der Waals surface area contributed by atoms with Crippen molar-refractivity contribution in [2.75, 3.05) is 36.6 Å². The van der Waals surface area contributed by atoms with Crippen molar-refractivity contribution < 1.29 is 27.8 Å². The maximum atomic E-state index is 14.7. The molecule has 7 nitrogen and oxygen atoms in total. The zero-order valence-corrected chi connectivity index (χ0v) is 18.7. The Morgan fingerprint density at radius 1 is 1.17 bits per heavy atom. The van der Waals surface area contributed by atoms with Crippen LogP contribution in [0.4, 0.5) is 14.9 Å². The molecule has 1 heterocycles. The van der Waals surface area contributed by atoms with Gasteiger partial charge >= 0.3 is 12.0 Å². The molecule has 0 atom stereocenters. The van der Waals surface area contributed by atoms with E-state index in [9.17, 15) is 23.1 Å². The summed E-state index contributed by atoms with van der Waals surface area (Å²) in [6.07, 6.45) is 0. The largest absolute Gasteiger partial charge is 0.465 e. The molecule has 10 heteroatoms. The fourth-order valence-corrected chi connectivity index (χ4v) is 4.56. The fourth-order valence-electron chi connectivity index (χ4n) is 3.07. The molecule has 162 valence electrons. The zero-order valence-electron chi connectivity index (χ0n) is 16.3. The molecule has 0 saturated carbocycles. The van der Waals surface area contributed by atoms with Gasteiger partial charge in [0.2, 0.25) is 0 Å². The molecule has 0 bridgehead atoms. The number of halogens is 2. The second-order valence-electron chi connectivity index (χ2n) is 6.84. The van der Waals surface area contributed by atoms with Gasteiger partial charge in [0.25, 0.3) is 0 Å².